The zero-order chi connectivity index (χ0) is 24.2. The van der Waals surface area contributed by atoms with Crippen molar-refractivity contribution < 1.29 is 9.59 Å². The van der Waals surface area contributed by atoms with Gasteiger partial charge in [0.25, 0.3) is 0 Å². The molecule has 33 heavy (non-hydrogen) atoms. The van der Waals surface area contributed by atoms with Crippen LogP contribution in [-0.4, -0.2) is 41.2 Å². The van der Waals surface area contributed by atoms with Gasteiger partial charge in [-0.3, -0.25) is 9.59 Å². The number of unbranched alkanes of at least 4 members (excludes halogenated alkanes) is 1. The first-order valence-electron chi connectivity index (χ1n) is 12.4. The molecule has 5 heteroatoms. The van der Waals surface area contributed by atoms with Gasteiger partial charge in [0, 0.05) is 24.4 Å². The van der Waals surface area contributed by atoms with E-state index in [1.54, 1.807) is 16.2 Å². The molecule has 0 saturated carbocycles. The summed E-state index contributed by atoms with van der Waals surface area (Å²) in [6.45, 7) is 14.4. The molecule has 180 valence electrons. The SMILES string of the molecule is CCCCC(=O)N(CC(=O)N1CCc2sccc2C1c1ccc(C(C)(C)C)cc1)CC(C)C. The topological polar surface area (TPSA) is 40.6 Å². The average Bonchev–Trinajstić information content (AvgIpc) is 3.24. The van der Waals surface area contributed by atoms with E-state index in [0.717, 1.165) is 24.8 Å². The van der Waals surface area contributed by atoms with Crippen LogP contribution in [0.1, 0.15) is 88.4 Å². The lowest BCUT2D eigenvalue weighted by Crippen LogP contribution is -2.47. The molecule has 0 spiro atoms. The molecule has 0 fully saturated rings. The van der Waals surface area contributed by atoms with E-state index in [4.69, 9.17) is 0 Å². The van der Waals surface area contributed by atoms with Gasteiger partial charge >= 0.3 is 0 Å². The van der Waals surface area contributed by atoms with Crippen LogP contribution in [0, 0.1) is 5.92 Å². The second kappa shape index (κ2) is 10.9. The number of fused-ring (bicyclic) bond motifs is 1. The first-order valence-corrected chi connectivity index (χ1v) is 13.2. The van der Waals surface area contributed by atoms with Crippen LogP contribution >= 0.6 is 11.3 Å². The summed E-state index contributed by atoms with van der Waals surface area (Å²) in [7, 11) is 0. The summed E-state index contributed by atoms with van der Waals surface area (Å²) in [5.41, 5.74) is 3.75. The molecule has 1 aliphatic heterocycles. The Kier molecular flexibility index (Phi) is 8.38. The fraction of sp³-hybridized carbons (Fsp3) is 0.571. The van der Waals surface area contributed by atoms with Gasteiger partial charge in [-0.1, -0.05) is 72.2 Å². The van der Waals surface area contributed by atoms with E-state index < -0.39 is 0 Å². The molecule has 2 heterocycles. The van der Waals surface area contributed by atoms with Crippen LogP contribution in [0.3, 0.4) is 0 Å². The Labute approximate surface area is 204 Å². The largest absolute Gasteiger partial charge is 0.333 e. The lowest BCUT2D eigenvalue weighted by atomic mass is 9.85. The van der Waals surface area contributed by atoms with Gasteiger partial charge in [0.05, 0.1) is 12.6 Å². The van der Waals surface area contributed by atoms with E-state index in [1.165, 1.54) is 16.0 Å². The van der Waals surface area contributed by atoms with Crippen molar-refractivity contribution >= 4 is 23.2 Å². The third kappa shape index (κ3) is 6.26. The zero-order valence-corrected chi connectivity index (χ0v) is 22.0. The second-order valence-electron chi connectivity index (χ2n) is 10.7. The van der Waals surface area contributed by atoms with Crippen molar-refractivity contribution in [1.29, 1.82) is 0 Å². The molecule has 2 amide bonds. The van der Waals surface area contributed by atoms with Gasteiger partial charge in [0.15, 0.2) is 0 Å². The summed E-state index contributed by atoms with van der Waals surface area (Å²) in [6.07, 6.45) is 3.24. The average molecular weight is 469 g/mol. The van der Waals surface area contributed by atoms with Crippen molar-refractivity contribution in [2.45, 2.75) is 78.7 Å². The van der Waals surface area contributed by atoms with Gasteiger partial charge in [-0.25, -0.2) is 0 Å². The number of nitrogens with zero attached hydrogens (tertiary/aromatic N) is 2. The number of rotatable bonds is 8. The van der Waals surface area contributed by atoms with Crippen LogP contribution in [0.25, 0.3) is 0 Å². The third-order valence-electron chi connectivity index (χ3n) is 6.39. The molecular formula is C28H40N2O2S. The van der Waals surface area contributed by atoms with E-state index in [-0.39, 0.29) is 29.8 Å². The smallest absolute Gasteiger partial charge is 0.242 e. The van der Waals surface area contributed by atoms with Gasteiger partial charge < -0.3 is 9.80 Å². The Bertz CT molecular complexity index is 940. The van der Waals surface area contributed by atoms with Crippen molar-refractivity contribution in [2.75, 3.05) is 19.6 Å². The van der Waals surface area contributed by atoms with Crippen molar-refractivity contribution in [2.24, 2.45) is 5.92 Å². The quantitative estimate of drug-likeness (QED) is 0.463. The maximum atomic E-state index is 13.6. The third-order valence-corrected chi connectivity index (χ3v) is 7.38. The van der Waals surface area contributed by atoms with Gasteiger partial charge in [0.1, 0.15) is 0 Å². The maximum absolute atomic E-state index is 13.6. The van der Waals surface area contributed by atoms with E-state index >= 15 is 0 Å². The predicted octanol–water partition coefficient (Wildman–Crippen LogP) is 6.19. The van der Waals surface area contributed by atoms with Crippen molar-refractivity contribution in [3.63, 3.8) is 0 Å². The Hall–Kier alpha value is -2.14. The summed E-state index contributed by atoms with van der Waals surface area (Å²) in [6, 6.07) is 10.8. The molecule has 0 N–H and O–H groups in total. The van der Waals surface area contributed by atoms with E-state index in [9.17, 15) is 9.59 Å². The summed E-state index contributed by atoms with van der Waals surface area (Å²) < 4.78 is 0. The zero-order valence-electron chi connectivity index (χ0n) is 21.2. The Morgan fingerprint density at radius 3 is 2.45 bits per heavy atom. The van der Waals surface area contributed by atoms with E-state index in [1.807, 2.05) is 4.90 Å². The number of hydrogen-bond acceptors (Lipinski definition) is 3. The van der Waals surface area contributed by atoms with Crippen molar-refractivity contribution in [3.05, 3.63) is 57.3 Å². The number of hydrogen-bond donors (Lipinski definition) is 0. The number of thiophene rings is 1. The monoisotopic (exact) mass is 468 g/mol. The van der Waals surface area contributed by atoms with Crippen LogP contribution < -0.4 is 0 Å². The molecule has 0 bridgehead atoms. The van der Waals surface area contributed by atoms with E-state index in [0.29, 0.717) is 25.4 Å². The minimum Gasteiger partial charge on any atom is -0.333 e. The summed E-state index contributed by atoms with van der Waals surface area (Å²) >= 11 is 1.78. The lowest BCUT2D eigenvalue weighted by molar-refractivity contribution is -0.142. The second-order valence-corrected chi connectivity index (χ2v) is 11.7. The minimum atomic E-state index is -0.0897. The maximum Gasteiger partial charge on any atom is 0.242 e. The molecule has 1 aliphatic rings. The molecule has 1 aromatic heterocycles. The molecule has 0 saturated heterocycles. The fourth-order valence-electron chi connectivity index (χ4n) is 4.55. The lowest BCUT2D eigenvalue weighted by Gasteiger charge is -2.38. The molecule has 1 unspecified atom stereocenters. The number of amides is 2. The molecule has 4 nitrogen and oxygen atoms in total. The summed E-state index contributed by atoms with van der Waals surface area (Å²) in [5, 5.41) is 2.13. The Morgan fingerprint density at radius 1 is 1.15 bits per heavy atom. The molecular weight excluding hydrogens is 428 g/mol. The van der Waals surface area contributed by atoms with Crippen molar-refractivity contribution in [3.8, 4) is 0 Å². The van der Waals surface area contributed by atoms with Crippen LogP contribution in [0.2, 0.25) is 0 Å². The highest BCUT2D eigenvalue weighted by molar-refractivity contribution is 7.10. The Balaban J connectivity index is 1.88. The fourth-order valence-corrected chi connectivity index (χ4v) is 5.45. The highest BCUT2D eigenvalue weighted by Gasteiger charge is 2.34. The normalized spacial score (nSPS) is 16.1. The highest BCUT2D eigenvalue weighted by Crippen LogP contribution is 2.38. The number of carbonyl (C=O) groups excluding carboxylic acids is 2. The van der Waals surface area contributed by atoms with Crippen LogP contribution in [0.15, 0.2) is 35.7 Å². The van der Waals surface area contributed by atoms with Gasteiger partial charge in [-0.05, 0) is 52.3 Å². The number of carbonyl (C=O) groups is 2. The minimum absolute atomic E-state index is 0.0437. The standard InChI is InChI=1S/C28H40N2O2S/c1-7-8-9-25(31)29(18-20(2)3)19-26(32)30-16-14-24-23(15-17-33-24)27(30)21-10-12-22(13-11-21)28(4,5)6/h10-13,15,17,20,27H,7-9,14,16,18-19H2,1-6H3. The highest BCUT2D eigenvalue weighted by atomic mass is 32.1. The molecule has 0 radical (unpaired) electrons. The molecule has 1 atom stereocenters. The van der Waals surface area contributed by atoms with E-state index in [2.05, 4.69) is 77.3 Å². The van der Waals surface area contributed by atoms with Gasteiger partial charge in [-0.2, -0.15) is 0 Å². The first-order chi connectivity index (χ1) is 15.6. The van der Waals surface area contributed by atoms with Crippen LogP contribution in [0.5, 0.6) is 0 Å². The molecule has 3 rings (SSSR count). The molecule has 1 aromatic carbocycles. The van der Waals surface area contributed by atoms with Crippen LogP contribution in [0.4, 0.5) is 0 Å². The predicted molar refractivity (Wildman–Crippen MR) is 138 cm³/mol. The van der Waals surface area contributed by atoms with Crippen LogP contribution in [-0.2, 0) is 21.4 Å². The summed E-state index contributed by atoms with van der Waals surface area (Å²) in [5.74, 6) is 0.467. The van der Waals surface area contributed by atoms with Gasteiger partial charge in [0.2, 0.25) is 11.8 Å². The Morgan fingerprint density at radius 2 is 1.85 bits per heavy atom. The van der Waals surface area contributed by atoms with Crippen molar-refractivity contribution in [1.82, 2.24) is 9.80 Å². The first kappa shape index (κ1) is 25.5. The van der Waals surface area contributed by atoms with Gasteiger partial charge in [-0.15, -0.1) is 11.3 Å². The number of benzene rings is 1. The molecule has 2 aromatic rings. The molecule has 0 aliphatic carbocycles. The summed E-state index contributed by atoms with van der Waals surface area (Å²) in [4.78, 5) is 31.6.